The molecule has 0 atom stereocenters. The van der Waals surface area contributed by atoms with E-state index in [4.69, 9.17) is 5.73 Å². The predicted molar refractivity (Wildman–Crippen MR) is 70.6 cm³/mol. The van der Waals surface area contributed by atoms with Gasteiger partial charge in [0.25, 0.3) is 5.69 Å². The lowest BCUT2D eigenvalue weighted by atomic mass is 10.3. The topological polar surface area (TPSA) is 82.0 Å². The third-order valence-corrected chi connectivity index (χ3v) is 3.38. The fourth-order valence-electron chi connectivity index (χ4n) is 1.46. The van der Waals surface area contributed by atoms with Gasteiger partial charge in [-0.3, -0.25) is 10.1 Å². The molecule has 1 heterocycles. The molecule has 1 aromatic heterocycles. The Bertz CT molecular complexity index is 602. The Morgan fingerprint density at radius 1 is 1.39 bits per heavy atom. The van der Waals surface area contributed by atoms with Crippen molar-refractivity contribution < 1.29 is 4.92 Å². The number of hydrogen-bond donors (Lipinski definition) is 1. The van der Waals surface area contributed by atoms with E-state index in [9.17, 15) is 10.1 Å². The molecule has 2 N–H and O–H groups in total. The summed E-state index contributed by atoms with van der Waals surface area (Å²) >= 11 is 1.20. The minimum atomic E-state index is -0.410. The van der Waals surface area contributed by atoms with Gasteiger partial charge in [0.2, 0.25) is 0 Å². The molecule has 0 spiro atoms. The number of aryl methyl sites for hydroxylation is 1. The highest BCUT2D eigenvalue weighted by atomic mass is 32.2. The van der Waals surface area contributed by atoms with Crippen molar-refractivity contribution in [2.75, 3.05) is 5.73 Å². The van der Waals surface area contributed by atoms with Crippen molar-refractivity contribution in [2.45, 2.75) is 16.8 Å². The number of benzene rings is 1. The smallest absolute Gasteiger partial charge is 0.283 e. The molecule has 0 saturated heterocycles. The van der Waals surface area contributed by atoms with Crippen LogP contribution in [0, 0.1) is 17.0 Å². The monoisotopic (exact) mass is 261 g/mol. The average molecular weight is 261 g/mol. The Hall–Kier alpha value is -2.08. The predicted octanol–water partition coefficient (Wildman–Crippen LogP) is 3.03. The van der Waals surface area contributed by atoms with Crippen LogP contribution in [-0.2, 0) is 0 Å². The molecule has 1 aromatic carbocycles. The highest BCUT2D eigenvalue weighted by molar-refractivity contribution is 7.99. The van der Waals surface area contributed by atoms with E-state index in [1.54, 1.807) is 30.5 Å². The van der Waals surface area contributed by atoms with Crippen LogP contribution in [0.1, 0.15) is 5.56 Å². The molecule has 5 nitrogen and oxygen atoms in total. The van der Waals surface area contributed by atoms with Crippen molar-refractivity contribution >= 4 is 23.1 Å². The van der Waals surface area contributed by atoms with E-state index in [1.165, 1.54) is 17.8 Å². The van der Waals surface area contributed by atoms with Gasteiger partial charge in [-0.2, -0.15) is 0 Å². The van der Waals surface area contributed by atoms with Crippen molar-refractivity contribution in [3.8, 4) is 0 Å². The van der Waals surface area contributed by atoms with E-state index in [0.29, 0.717) is 15.6 Å². The van der Waals surface area contributed by atoms with Gasteiger partial charge < -0.3 is 5.73 Å². The SMILES string of the molecule is Cc1cnc(Sc2ccccc2[N+](=O)[O-])c(N)c1. The second-order valence-corrected chi connectivity index (χ2v) is 4.76. The molecular weight excluding hydrogens is 250 g/mol. The normalized spacial score (nSPS) is 10.3. The van der Waals surface area contributed by atoms with E-state index in [0.717, 1.165) is 5.56 Å². The van der Waals surface area contributed by atoms with E-state index < -0.39 is 4.92 Å². The number of nitrogens with zero attached hydrogens (tertiary/aromatic N) is 2. The Balaban J connectivity index is 2.37. The van der Waals surface area contributed by atoms with Crippen LogP contribution < -0.4 is 5.73 Å². The van der Waals surface area contributed by atoms with Crippen LogP contribution in [0.3, 0.4) is 0 Å². The zero-order chi connectivity index (χ0) is 13.1. The molecule has 18 heavy (non-hydrogen) atoms. The lowest BCUT2D eigenvalue weighted by Gasteiger charge is -2.05. The molecular formula is C12H11N3O2S. The minimum Gasteiger partial charge on any atom is -0.397 e. The Kier molecular flexibility index (Phi) is 3.47. The first kappa shape index (κ1) is 12.4. The van der Waals surface area contributed by atoms with E-state index in [2.05, 4.69) is 4.98 Å². The fraction of sp³-hybridized carbons (Fsp3) is 0.0833. The fourth-order valence-corrected chi connectivity index (χ4v) is 2.35. The molecule has 0 unspecified atom stereocenters. The number of hydrogen-bond acceptors (Lipinski definition) is 5. The van der Waals surface area contributed by atoms with Crippen LogP contribution in [0.5, 0.6) is 0 Å². The molecule has 0 aliphatic heterocycles. The molecule has 2 aromatic rings. The average Bonchev–Trinajstić information content (AvgIpc) is 2.33. The lowest BCUT2D eigenvalue weighted by molar-refractivity contribution is -0.387. The van der Waals surface area contributed by atoms with E-state index in [1.807, 2.05) is 6.92 Å². The summed E-state index contributed by atoms with van der Waals surface area (Å²) < 4.78 is 0. The first-order valence-corrected chi connectivity index (χ1v) is 6.03. The maximum Gasteiger partial charge on any atom is 0.283 e. The highest BCUT2D eigenvalue weighted by Gasteiger charge is 2.15. The summed E-state index contributed by atoms with van der Waals surface area (Å²) in [4.78, 5) is 15.2. The second-order valence-electron chi connectivity index (χ2n) is 3.73. The van der Waals surface area contributed by atoms with Gasteiger partial charge in [0.15, 0.2) is 0 Å². The molecule has 0 bridgehead atoms. The number of para-hydroxylation sites is 1. The minimum absolute atomic E-state index is 0.0595. The zero-order valence-electron chi connectivity index (χ0n) is 9.66. The number of rotatable bonds is 3. The van der Waals surface area contributed by atoms with Gasteiger partial charge >= 0.3 is 0 Å². The van der Waals surface area contributed by atoms with Gasteiger partial charge in [-0.1, -0.05) is 23.9 Å². The maximum atomic E-state index is 10.9. The molecule has 2 rings (SSSR count). The third kappa shape index (κ3) is 2.60. The number of nitrogens with two attached hydrogens (primary N) is 1. The summed E-state index contributed by atoms with van der Waals surface area (Å²) in [5.41, 5.74) is 7.39. The Labute approximate surface area is 108 Å². The van der Waals surface area contributed by atoms with Gasteiger partial charge in [0, 0.05) is 12.3 Å². The molecule has 0 amide bonds. The van der Waals surface area contributed by atoms with E-state index in [-0.39, 0.29) is 5.69 Å². The summed E-state index contributed by atoms with van der Waals surface area (Å²) in [6.07, 6.45) is 1.69. The highest BCUT2D eigenvalue weighted by Crippen LogP contribution is 2.35. The lowest BCUT2D eigenvalue weighted by Crippen LogP contribution is -1.94. The molecule has 0 fully saturated rings. The van der Waals surface area contributed by atoms with Gasteiger partial charge in [-0.25, -0.2) is 4.98 Å². The van der Waals surface area contributed by atoms with Crippen molar-refractivity contribution in [1.29, 1.82) is 0 Å². The van der Waals surface area contributed by atoms with Gasteiger partial charge in [0.1, 0.15) is 5.03 Å². The third-order valence-electron chi connectivity index (χ3n) is 2.28. The summed E-state index contributed by atoms with van der Waals surface area (Å²) in [6, 6.07) is 8.33. The molecule has 6 heteroatoms. The van der Waals surface area contributed by atoms with Crippen LogP contribution in [0.4, 0.5) is 11.4 Å². The Morgan fingerprint density at radius 2 is 2.11 bits per heavy atom. The number of nitro benzene ring substituents is 1. The van der Waals surface area contributed by atoms with Crippen LogP contribution in [0.2, 0.25) is 0 Å². The maximum absolute atomic E-state index is 10.9. The standard InChI is InChI=1S/C12H11N3O2S/c1-8-6-9(13)12(14-7-8)18-11-5-3-2-4-10(11)15(16)17/h2-7H,13H2,1H3. The summed E-state index contributed by atoms with van der Waals surface area (Å²) in [7, 11) is 0. The summed E-state index contributed by atoms with van der Waals surface area (Å²) in [6.45, 7) is 1.89. The zero-order valence-corrected chi connectivity index (χ0v) is 10.5. The van der Waals surface area contributed by atoms with Crippen molar-refractivity contribution in [3.63, 3.8) is 0 Å². The Morgan fingerprint density at radius 3 is 2.78 bits per heavy atom. The van der Waals surface area contributed by atoms with E-state index >= 15 is 0 Å². The molecule has 0 aliphatic rings. The van der Waals surface area contributed by atoms with Crippen LogP contribution in [0.15, 0.2) is 46.5 Å². The van der Waals surface area contributed by atoms with Crippen LogP contribution >= 0.6 is 11.8 Å². The second kappa shape index (κ2) is 5.05. The van der Waals surface area contributed by atoms with Gasteiger partial charge in [-0.05, 0) is 24.6 Å². The number of anilines is 1. The largest absolute Gasteiger partial charge is 0.397 e. The number of nitrogen functional groups attached to an aromatic ring is 1. The molecule has 0 saturated carbocycles. The van der Waals surface area contributed by atoms with Crippen molar-refractivity contribution in [3.05, 3.63) is 52.2 Å². The summed E-state index contributed by atoms with van der Waals surface area (Å²) in [5.74, 6) is 0. The summed E-state index contributed by atoms with van der Waals surface area (Å²) in [5, 5.41) is 11.5. The van der Waals surface area contributed by atoms with Crippen LogP contribution in [-0.4, -0.2) is 9.91 Å². The molecule has 0 aliphatic carbocycles. The van der Waals surface area contributed by atoms with Gasteiger partial charge in [-0.15, -0.1) is 0 Å². The van der Waals surface area contributed by atoms with Crippen molar-refractivity contribution in [2.24, 2.45) is 0 Å². The molecule has 0 radical (unpaired) electrons. The first-order chi connectivity index (χ1) is 8.58. The quantitative estimate of drug-likeness (QED) is 0.678. The van der Waals surface area contributed by atoms with Crippen LogP contribution in [0.25, 0.3) is 0 Å². The number of nitro groups is 1. The number of pyridine rings is 1. The van der Waals surface area contributed by atoms with Crippen molar-refractivity contribution in [1.82, 2.24) is 4.98 Å². The van der Waals surface area contributed by atoms with Gasteiger partial charge in [0.05, 0.1) is 15.5 Å². The number of aromatic nitrogens is 1. The first-order valence-electron chi connectivity index (χ1n) is 5.21. The molecule has 92 valence electrons.